The molecule has 0 aromatic carbocycles. The summed E-state index contributed by atoms with van der Waals surface area (Å²) in [6.45, 7) is 8.55. The summed E-state index contributed by atoms with van der Waals surface area (Å²) in [6, 6.07) is 0. The van der Waals surface area contributed by atoms with Crippen LogP contribution in [0, 0.1) is 0 Å². The number of aliphatic hydroxyl groups excluding tert-OH is 1. The van der Waals surface area contributed by atoms with Crippen LogP contribution in [0.4, 0.5) is 0 Å². The number of rotatable bonds is 7. The van der Waals surface area contributed by atoms with Crippen LogP contribution in [0.2, 0.25) is 0 Å². The van der Waals surface area contributed by atoms with Crippen LogP contribution in [0.5, 0.6) is 0 Å². The minimum absolute atomic E-state index is 0.706. The minimum atomic E-state index is -1.70. The van der Waals surface area contributed by atoms with Crippen molar-refractivity contribution in [1.29, 1.82) is 0 Å². The Morgan fingerprint density at radius 1 is 0.528 bits per heavy atom. The van der Waals surface area contributed by atoms with Crippen molar-refractivity contribution in [2.24, 2.45) is 0 Å². The quantitative estimate of drug-likeness (QED) is 0.335. The molecule has 2 aliphatic heterocycles. The first-order valence-corrected chi connectivity index (χ1v) is 11.2. The predicted molar refractivity (Wildman–Crippen MR) is 114 cm³/mol. The van der Waals surface area contributed by atoms with Crippen LogP contribution in [-0.2, 0) is 61.9 Å². The second-order valence-corrected chi connectivity index (χ2v) is 8.41. The molecule has 0 spiro atoms. The van der Waals surface area contributed by atoms with Gasteiger partial charge in [-0.15, -0.1) is 0 Å². The number of ether oxygens (including phenoxy) is 8. The van der Waals surface area contributed by atoms with E-state index in [1.807, 2.05) is 0 Å². The van der Waals surface area contributed by atoms with Crippen LogP contribution < -0.4 is 0 Å². The van der Waals surface area contributed by atoms with E-state index in [-0.39, 0.29) is 0 Å². The Bertz CT molecular complexity index is 843. The summed E-state index contributed by atoms with van der Waals surface area (Å²) in [4.78, 5) is 58.9. The van der Waals surface area contributed by atoms with E-state index in [9.17, 15) is 29.1 Å². The molecule has 0 aliphatic carbocycles. The van der Waals surface area contributed by atoms with Gasteiger partial charge in [0, 0.05) is 34.6 Å². The third-order valence-corrected chi connectivity index (χ3v) is 5.27. The Kier molecular flexibility index (Phi) is 10.2. The number of hydrogen-bond donors (Lipinski definition) is 1. The maximum absolute atomic E-state index is 11.9. The number of aliphatic hydroxyl groups is 1. The second-order valence-electron chi connectivity index (χ2n) is 8.41. The van der Waals surface area contributed by atoms with E-state index in [0.29, 0.717) is 0 Å². The summed E-state index contributed by atoms with van der Waals surface area (Å²) in [7, 11) is 0. The van der Waals surface area contributed by atoms with Gasteiger partial charge in [0.05, 0.1) is 12.2 Å². The normalized spacial score (nSPS) is 36.2. The fourth-order valence-corrected chi connectivity index (χ4v) is 4.05. The van der Waals surface area contributed by atoms with E-state index in [1.54, 1.807) is 0 Å². The van der Waals surface area contributed by atoms with Crippen molar-refractivity contribution in [3.63, 3.8) is 0 Å². The molecule has 10 atom stereocenters. The van der Waals surface area contributed by atoms with E-state index in [1.165, 1.54) is 13.8 Å². The lowest BCUT2D eigenvalue weighted by Crippen LogP contribution is -2.65. The lowest BCUT2D eigenvalue weighted by atomic mass is 9.97. The molecule has 2 saturated heterocycles. The van der Waals surface area contributed by atoms with E-state index in [2.05, 4.69) is 0 Å². The van der Waals surface area contributed by atoms with Crippen LogP contribution in [0.15, 0.2) is 0 Å². The Hall–Kier alpha value is -2.81. The number of esters is 5. The van der Waals surface area contributed by atoms with Gasteiger partial charge in [-0.25, -0.2) is 0 Å². The molecule has 0 saturated carbocycles. The second kappa shape index (κ2) is 12.4. The molecule has 1 N–H and O–H groups in total. The number of hydrogen-bond acceptors (Lipinski definition) is 14. The molecular weight excluding hydrogens is 488 g/mol. The average Bonchev–Trinajstić information content (AvgIpc) is 2.71. The molecular formula is C22H32O14. The highest BCUT2D eigenvalue weighted by atomic mass is 16.8. The lowest BCUT2D eigenvalue weighted by molar-refractivity contribution is -0.357. The molecule has 204 valence electrons. The highest BCUT2D eigenvalue weighted by Crippen LogP contribution is 2.34. The van der Waals surface area contributed by atoms with Crippen molar-refractivity contribution in [1.82, 2.24) is 0 Å². The third-order valence-electron chi connectivity index (χ3n) is 5.27. The predicted octanol–water partition coefficient (Wildman–Crippen LogP) is -0.488. The number of carbonyl (C=O) groups excluding carboxylic acids is 5. The van der Waals surface area contributed by atoms with Crippen LogP contribution in [0.3, 0.4) is 0 Å². The Morgan fingerprint density at radius 2 is 0.861 bits per heavy atom. The van der Waals surface area contributed by atoms with Gasteiger partial charge in [-0.3, -0.25) is 24.0 Å². The maximum atomic E-state index is 11.9. The lowest BCUT2D eigenvalue weighted by Gasteiger charge is -2.47. The molecule has 2 fully saturated rings. The van der Waals surface area contributed by atoms with Crippen LogP contribution >= 0.6 is 0 Å². The zero-order valence-corrected chi connectivity index (χ0v) is 21.0. The van der Waals surface area contributed by atoms with Gasteiger partial charge < -0.3 is 43.0 Å². The Balaban J connectivity index is 2.46. The van der Waals surface area contributed by atoms with E-state index >= 15 is 0 Å². The highest BCUT2D eigenvalue weighted by molar-refractivity contribution is 5.69. The molecule has 0 amide bonds. The summed E-state index contributed by atoms with van der Waals surface area (Å²) in [5.74, 6) is -3.77. The first-order chi connectivity index (χ1) is 16.7. The highest BCUT2D eigenvalue weighted by Gasteiger charge is 2.55. The first-order valence-electron chi connectivity index (χ1n) is 11.2. The fourth-order valence-electron chi connectivity index (χ4n) is 4.05. The summed E-state index contributed by atoms with van der Waals surface area (Å²) in [5.41, 5.74) is 0. The minimum Gasteiger partial charge on any atom is -0.456 e. The molecule has 14 heteroatoms. The average molecular weight is 520 g/mol. The fraction of sp³-hybridized carbons (Fsp3) is 0.773. The molecule has 0 bridgehead atoms. The van der Waals surface area contributed by atoms with Crippen molar-refractivity contribution < 1.29 is 67.0 Å². The zero-order chi connectivity index (χ0) is 27.3. The smallest absolute Gasteiger partial charge is 0.303 e. The van der Waals surface area contributed by atoms with Gasteiger partial charge in [0.25, 0.3) is 0 Å². The van der Waals surface area contributed by atoms with E-state index in [0.717, 1.165) is 34.6 Å². The monoisotopic (exact) mass is 520 g/mol. The summed E-state index contributed by atoms with van der Waals surface area (Å²) >= 11 is 0. The molecule has 0 aromatic rings. The van der Waals surface area contributed by atoms with Gasteiger partial charge in [0.15, 0.2) is 49.2 Å². The van der Waals surface area contributed by atoms with Crippen molar-refractivity contribution >= 4 is 29.8 Å². The molecule has 0 radical (unpaired) electrons. The number of carbonyl (C=O) groups is 5. The zero-order valence-electron chi connectivity index (χ0n) is 21.0. The van der Waals surface area contributed by atoms with Gasteiger partial charge >= 0.3 is 29.8 Å². The van der Waals surface area contributed by atoms with E-state index in [4.69, 9.17) is 37.9 Å². The maximum Gasteiger partial charge on any atom is 0.303 e. The standard InChI is InChI=1S/C22H32O14/c1-8-15(31-10(3)23)17(33-12(5)25)19(21(28)29-8)36-22-20(35-14(7)27)18(34-13(6)26)16(9(2)30-22)32-11(4)24/h8-9,15-22,28H,1-7H3/t8?,9?,15-,16-,17?,18?,19?,20?,21+,22-/m0/s1. The molecule has 14 nitrogen and oxygen atoms in total. The molecule has 2 rings (SSSR count). The molecule has 2 heterocycles. The van der Waals surface area contributed by atoms with Crippen LogP contribution in [-0.4, -0.2) is 96.4 Å². The molecule has 36 heavy (non-hydrogen) atoms. The van der Waals surface area contributed by atoms with Gasteiger partial charge in [-0.05, 0) is 13.8 Å². The summed E-state index contributed by atoms with van der Waals surface area (Å²) in [5, 5.41) is 10.6. The van der Waals surface area contributed by atoms with E-state index < -0.39 is 91.3 Å². The summed E-state index contributed by atoms with van der Waals surface area (Å²) < 4.78 is 43.5. The molecule has 6 unspecified atom stereocenters. The largest absolute Gasteiger partial charge is 0.456 e. The SMILES string of the molecule is CC(=O)OC1C(OC(C)=O)[C@@H](OC(C)=O)C(C)O[C@H]1OC1C(OC(C)=O)[C@@H](OC(C)=O)C(C)O[C@H]1O. The Labute approximate surface area is 207 Å². The van der Waals surface area contributed by atoms with Crippen molar-refractivity contribution in [2.45, 2.75) is 110 Å². The van der Waals surface area contributed by atoms with Gasteiger partial charge in [0.2, 0.25) is 0 Å². The van der Waals surface area contributed by atoms with Crippen molar-refractivity contribution in [2.75, 3.05) is 0 Å². The van der Waals surface area contributed by atoms with Crippen LogP contribution in [0.25, 0.3) is 0 Å². The third kappa shape index (κ3) is 7.59. The first kappa shape index (κ1) is 29.4. The van der Waals surface area contributed by atoms with Gasteiger partial charge in [-0.1, -0.05) is 0 Å². The Morgan fingerprint density at radius 3 is 1.28 bits per heavy atom. The summed E-state index contributed by atoms with van der Waals surface area (Å²) in [6.07, 6.45) is -13.2. The van der Waals surface area contributed by atoms with Crippen molar-refractivity contribution in [3.05, 3.63) is 0 Å². The topological polar surface area (TPSA) is 179 Å². The van der Waals surface area contributed by atoms with Gasteiger partial charge in [0.1, 0.15) is 0 Å². The molecule has 2 aliphatic rings. The molecule has 0 aromatic heterocycles. The van der Waals surface area contributed by atoms with Crippen LogP contribution in [0.1, 0.15) is 48.5 Å². The van der Waals surface area contributed by atoms with Crippen molar-refractivity contribution in [3.8, 4) is 0 Å². The van der Waals surface area contributed by atoms with Gasteiger partial charge in [-0.2, -0.15) is 0 Å².